The van der Waals surface area contributed by atoms with Gasteiger partial charge in [0.2, 0.25) is 0 Å². The molecule has 0 spiro atoms. The fourth-order valence-electron chi connectivity index (χ4n) is 3.39. The van der Waals surface area contributed by atoms with E-state index in [1.54, 1.807) is 0 Å². The SMILES string of the molecule is CCN1CCN(CC(CO)(NC)C2CC2)CC1C. The van der Waals surface area contributed by atoms with Crippen LogP contribution in [0.3, 0.4) is 0 Å². The molecule has 2 unspecified atom stereocenters. The van der Waals surface area contributed by atoms with Crippen molar-refractivity contribution in [2.24, 2.45) is 5.92 Å². The van der Waals surface area contributed by atoms with Gasteiger partial charge in [0.25, 0.3) is 0 Å². The molecule has 1 heterocycles. The van der Waals surface area contributed by atoms with Crippen LogP contribution in [0.4, 0.5) is 0 Å². The zero-order valence-corrected chi connectivity index (χ0v) is 12.2. The molecule has 1 saturated carbocycles. The van der Waals surface area contributed by atoms with E-state index in [0.29, 0.717) is 12.0 Å². The molecule has 0 radical (unpaired) electrons. The van der Waals surface area contributed by atoms with Crippen LogP contribution in [0.25, 0.3) is 0 Å². The number of nitrogens with one attached hydrogen (secondary N) is 1. The van der Waals surface area contributed by atoms with Crippen molar-refractivity contribution >= 4 is 0 Å². The molecule has 2 aliphatic rings. The molecular weight excluding hydrogens is 226 g/mol. The summed E-state index contributed by atoms with van der Waals surface area (Å²) in [5, 5.41) is 13.2. The van der Waals surface area contributed by atoms with Crippen molar-refractivity contribution in [2.45, 2.75) is 38.3 Å². The molecule has 1 aliphatic heterocycles. The summed E-state index contributed by atoms with van der Waals surface area (Å²) < 4.78 is 0. The lowest BCUT2D eigenvalue weighted by atomic mass is 9.93. The third kappa shape index (κ3) is 2.87. The number of nitrogens with zero attached hydrogens (tertiary/aromatic N) is 2. The zero-order valence-electron chi connectivity index (χ0n) is 12.2. The van der Waals surface area contributed by atoms with E-state index in [2.05, 4.69) is 29.0 Å². The van der Waals surface area contributed by atoms with Gasteiger partial charge in [0.05, 0.1) is 12.1 Å². The number of rotatable bonds is 6. The Kier molecular flexibility index (Phi) is 4.64. The van der Waals surface area contributed by atoms with E-state index in [-0.39, 0.29) is 12.1 Å². The van der Waals surface area contributed by atoms with E-state index in [4.69, 9.17) is 0 Å². The Morgan fingerprint density at radius 3 is 2.50 bits per heavy atom. The Balaban J connectivity index is 1.92. The highest BCUT2D eigenvalue weighted by Crippen LogP contribution is 2.40. The van der Waals surface area contributed by atoms with E-state index < -0.39 is 0 Å². The Hall–Kier alpha value is -0.160. The Morgan fingerprint density at radius 2 is 2.06 bits per heavy atom. The first-order valence-corrected chi connectivity index (χ1v) is 7.41. The second-order valence-electron chi connectivity index (χ2n) is 6.05. The lowest BCUT2D eigenvalue weighted by molar-refractivity contribution is 0.0421. The molecule has 2 rings (SSSR count). The van der Waals surface area contributed by atoms with Crippen molar-refractivity contribution < 1.29 is 5.11 Å². The molecule has 2 N–H and O–H groups in total. The minimum atomic E-state index is -0.0614. The standard InChI is InChI=1S/C14H29N3O/c1-4-17-8-7-16(9-12(17)2)10-14(11-18,15-3)13-5-6-13/h12-13,15,18H,4-11H2,1-3H3. The maximum Gasteiger partial charge on any atom is 0.0628 e. The van der Waals surface area contributed by atoms with Crippen LogP contribution in [0.15, 0.2) is 0 Å². The third-order valence-electron chi connectivity index (χ3n) is 4.90. The maximum atomic E-state index is 9.78. The van der Waals surface area contributed by atoms with Gasteiger partial charge < -0.3 is 10.4 Å². The predicted octanol–water partition coefficient (Wildman–Crippen LogP) is 0.373. The quantitative estimate of drug-likeness (QED) is 0.719. The highest BCUT2D eigenvalue weighted by molar-refractivity contribution is 5.02. The largest absolute Gasteiger partial charge is 0.394 e. The van der Waals surface area contributed by atoms with Gasteiger partial charge in [0, 0.05) is 32.2 Å². The first-order chi connectivity index (χ1) is 8.65. The minimum Gasteiger partial charge on any atom is -0.394 e. The minimum absolute atomic E-state index is 0.0614. The molecule has 0 aromatic carbocycles. The average Bonchev–Trinajstić information content (AvgIpc) is 3.21. The van der Waals surface area contributed by atoms with Gasteiger partial charge in [-0.3, -0.25) is 9.80 Å². The molecule has 1 aliphatic carbocycles. The van der Waals surface area contributed by atoms with Crippen LogP contribution in [0.5, 0.6) is 0 Å². The molecule has 0 bridgehead atoms. The van der Waals surface area contributed by atoms with Gasteiger partial charge in [0.15, 0.2) is 0 Å². The second kappa shape index (κ2) is 5.87. The summed E-state index contributed by atoms with van der Waals surface area (Å²) in [6, 6.07) is 0.635. The molecular formula is C14H29N3O. The lowest BCUT2D eigenvalue weighted by Crippen LogP contribution is -2.61. The number of hydrogen-bond acceptors (Lipinski definition) is 4. The van der Waals surface area contributed by atoms with Crippen LogP contribution < -0.4 is 5.32 Å². The van der Waals surface area contributed by atoms with Crippen LogP contribution in [0.2, 0.25) is 0 Å². The summed E-state index contributed by atoms with van der Waals surface area (Å²) in [5.74, 6) is 0.673. The van der Waals surface area contributed by atoms with Crippen LogP contribution in [-0.2, 0) is 0 Å². The highest BCUT2D eigenvalue weighted by Gasteiger charge is 2.45. The monoisotopic (exact) mass is 255 g/mol. The molecule has 0 aromatic rings. The first-order valence-electron chi connectivity index (χ1n) is 7.41. The molecule has 18 heavy (non-hydrogen) atoms. The van der Waals surface area contributed by atoms with Crippen molar-refractivity contribution in [1.29, 1.82) is 0 Å². The number of likely N-dealkylation sites (N-methyl/N-ethyl adjacent to an activating group) is 2. The van der Waals surface area contributed by atoms with Gasteiger partial charge in [-0.15, -0.1) is 0 Å². The van der Waals surface area contributed by atoms with Crippen LogP contribution in [0, 0.1) is 5.92 Å². The van der Waals surface area contributed by atoms with E-state index in [9.17, 15) is 5.11 Å². The molecule has 1 saturated heterocycles. The van der Waals surface area contributed by atoms with Crippen molar-refractivity contribution in [3.63, 3.8) is 0 Å². The Morgan fingerprint density at radius 1 is 1.33 bits per heavy atom. The van der Waals surface area contributed by atoms with Gasteiger partial charge in [-0.2, -0.15) is 0 Å². The maximum absolute atomic E-state index is 9.78. The number of piperazine rings is 1. The summed E-state index contributed by atoms with van der Waals surface area (Å²) in [6.45, 7) is 10.4. The fourth-order valence-corrected chi connectivity index (χ4v) is 3.39. The molecule has 2 fully saturated rings. The van der Waals surface area contributed by atoms with Crippen molar-refractivity contribution in [3.05, 3.63) is 0 Å². The second-order valence-corrected chi connectivity index (χ2v) is 6.05. The van der Waals surface area contributed by atoms with Crippen molar-refractivity contribution in [1.82, 2.24) is 15.1 Å². The van der Waals surface area contributed by atoms with Crippen LogP contribution in [-0.4, -0.2) is 72.9 Å². The number of aliphatic hydroxyl groups excluding tert-OH is 1. The van der Waals surface area contributed by atoms with Gasteiger partial charge in [0.1, 0.15) is 0 Å². The average molecular weight is 255 g/mol. The normalized spacial score (nSPS) is 30.3. The van der Waals surface area contributed by atoms with E-state index >= 15 is 0 Å². The fraction of sp³-hybridized carbons (Fsp3) is 1.00. The summed E-state index contributed by atoms with van der Waals surface area (Å²) in [4.78, 5) is 5.06. The number of hydrogen-bond donors (Lipinski definition) is 2. The zero-order chi connectivity index (χ0) is 13.2. The van der Waals surface area contributed by atoms with Gasteiger partial charge in [-0.1, -0.05) is 6.92 Å². The first kappa shape index (κ1) is 14.3. The summed E-state index contributed by atoms with van der Waals surface area (Å²) in [5.41, 5.74) is -0.0614. The van der Waals surface area contributed by atoms with Gasteiger partial charge in [-0.25, -0.2) is 0 Å². The lowest BCUT2D eigenvalue weighted by Gasteiger charge is -2.44. The highest BCUT2D eigenvalue weighted by atomic mass is 16.3. The summed E-state index contributed by atoms with van der Waals surface area (Å²) in [6.07, 6.45) is 2.54. The Bertz CT molecular complexity index is 264. The van der Waals surface area contributed by atoms with E-state index in [1.807, 2.05) is 7.05 Å². The molecule has 2 atom stereocenters. The number of aliphatic hydroxyl groups is 1. The van der Waals surface area contributed by atoms with Gasteiger partial charge >= 0.3 is 0 Å². The smallest absolute Gasteiger partial charge is 0.0628 e. The van der Waals surface area contributed by atoms with E-state index in [1.165, 1.54) is 12.8 Å². The van der Waals surface area contributed by atoms with Crippen LogP contribution in [0.1, 0.15) is 26.7 Å². The molecule has 0 aromatic heterocycles. The van der Waals surface area contributed by atoms with E-state index in [0.717, 1.165) is 32.7 Å². The molecule has 4 nitrogen and oxygen atoms in total. The van der Waals surface area contributed by atoms with Crippen molar-refractivity contribution in [3.8, 4) is 0 Å². The van der Waals surface area contributed by atoms with Gasteiger partial charge in [-0.05, 0) is 39.3 Å². The Labute approximate surface area is 111 Å². The predicted molar refractivity (Wildman–Crippen MR) is 74.7 cm³/mol. The molecule has 4 heteroatoms. The topological polar surface area (TPSA) is 38.7 Å². The third-order valence-corrected chi connectivity index (χ3v) is 4.90. The van der Waals surface area contributed by atoms with Crippen molar-refractivity contribution in [2.75, 3.05) is 46.4 Å². The molecule has 0 amide bonds. The summed E-state index contributed by atoms with van der Waals surface area (Å²) >= 11 is 0. The van der Waals surface area contributed by atoms with Crippen LogP contribution >= 0.6 is 0 Å². The molecule has 106 valence electrons. The summed E-state index contributed by atoms with van der Waals surface area (Å²) in [7, 11) is 2.00.